The van der Waals surface area contributed by atoms with E-state index in [0.29, 0.717) is 34.4 Å². The van der Waals surface area contributed by atoms with Crippen molar-refractivity contribution in [3.63, 3.8) is 0 Å². The van der Waals surface area contributed by atoms with E-state index < -0.39 is 0 Å². The molecule has 0 aliphatic heterocycles. The second-order valence-electron chi connectivity index (χ2n) is 8.10. The van der Waals surface area contributed by atoms with Crippen LogP contribution in [0.4, 0.5) is 0 Å². The van der Waals surface area contributed by atoms with Gasteiger partial charge in [-0.15, -0.1) is 5.10 Å². The number of aromatic nitrogens is 4. The lowest BCUT2D eigenvalue weighted by Gasteiger charge is -2.23. The van der Waals surface area contributed by atoms with Crippen molar-refractivity contribution in [2.24, 2.45) is 5.92 Å². The lowest BCUT2D eigenvalue weighted by molar-refractivity contribution is 0.0747. The highest BCUT2D eigenvalue weighted by Gasteiger charge is 2.28. The van der Waals surface area contributed by atoms with Crippen molar-refractivity contribution < 1.29 is 19.0 Å². The summed E-state index contributed by atoms with van der Waals surface area (Å²) in [5, 5.41) is 11.5. The number of benzene rings is 2. The Kier molecular flexibility index (Phi) is 6.76. The Morgan fingerprint density at radius 2 is 1.88 bits per heavy atom. The summed E-state index contributed by atoms with van der Waals surface area (Å²) in [5.41, 5.74) is 2.81. The van der Waals surface area contributed by atoms with Crippen LogP contribution in [-0.4, -0.2) is 65.4 Å². The molecule has 0 radical (unpaired) electrons. The molecule has 174 valence electrons. The molecule has 1 aromatic heterocycles. The summed E-state index contributed by atoms with van der Waals surface area (Å²) in [5.74, 6) is 2.17. The quantitative estimate of drug-likeness (QED) is 0.465. The van der Waals surface area contributed by atoms with Gasteiger partial charge in [-0.3, -0.25) is 4.79 Å². The lowest BCUT2D eigenvalue weighted by Crippen LogP contribution is -2.33. The molecule has 33 heavy (non-hydrogen) atoms. The zero-order chi connectivity index (χ0) is 23.4. The molecule has 1 saturated carbocycles. The summed E-state index contributed by atoms with van der Waals surface area (Å²) in [4.78, 5) is 15.5. The van der Waals surface area contributed by atoms with Crippen molar-refractivity contribution in [1.82, 2.24) is 25.1 Å². The SMILES string of the molecule is CCCN(CC1CC1)C(=O)c1cc(-c2ccc(OC)c(OC)c2OC)cc(-n2cnnn2)c1. The van der Waals surface area contributed by atoms with Crippen LogP contribution in [0.5, 0.6) is 17.2 Å². The highest BCUT2D eigenvalue weighted by molar-refractivity contribution is 5.96. The van der Waals surface area contributed by atoms with Crippen LogP contribution in [-0.2, 0) is 0 Å². The number of hydrogen-bond acceptors (Lipinski definition) is 7. The number of methoxy groups -OCH3 is 3. The zero-order valence-corrected chi connectivity index (χ0v) is 19.4. The first kappa shape index (κ1) is 22.6. The maximum atomic E-state index is 13.6. The minimum Gasteiger partial charge on any atom is -0.493 e. The van der Waals surface area contributed by atoms with Crippen LogP contribution in [0.1, 0.15) is 36.5 Å². The number of amides is 1. The molecular formula is C24H29N5O4. The molecule has 0 saturated heterocycles. The number of tetrazole rings is 1. The average Bonchev–Trinajstić information content (AvgIpc) is 3.49. The van der Waals surface area contributed by atoms with E-state index in [4.69, 9.17) is 14.2 Å². The van der Waals surface area contributed by atoms with Gasteiger partial charge in [-0.05, 0) is 71.5 Å². The third kappa shape index (κ3) is 4.76. The fourth-order valence-electron chi connectivity index (χ4n) is 3.97. The average molecular weight is 452 g/mol. The number of rotatable bonds is 10. The maximum absolute atomic E-state index is 13.6. The standard InChI is InChI=1S/C24H29N5O4/c1-5-10-28(14-16-6-7-16)24(30)18-11-17(12-19(13-18)29-15-25-26-27-29)20-8-9-21(31-2)23(33-4)22(20)32-3/h8-9,11-13,15-16H,5-7,10,14H2,1-4H3. The maximum Gasteiger partial charge on any atom is 0.253 e. The highest BCUT2D eigenvalue weighted by atomic mass is 16.5. The lowest BCUT2D eigenvalue weighted by atomic mass is 9.99. The van der Waals surface area contributed by atoms with Crippen LogP contribution >= 0.6 is 0 Å². The zero-order valence-electron chi connectivity index (χ0n) is 19.4. The van der Waals surface area contributed by atoms with Crippen molar-refractivity contribution in [1.29, 1.82) is 0 Å². The smallest absolute Gasteiger partial charge is 0.253 e. The Balaban J connectivity index is 1.84. The van der Waals surface area contributed by atoms with E-state index in [1.165, 1.54) is 19.2 Å². The molecule has 1 aliphatic carbocycles. The molecule has 1 aliphatic rings. The number of nitrogens with zero attached hydrogens (tertiary/aromatic N) is 5. The van der Waals surface area contributed by atoms with Gasteiger partial charge in [0.05, 0.1) is 27.0 Å². The van der Waals surface area contributed by atoms with Gasteiger partial charge in [0.15, 0.2) is 11.5 Å². The summed E-state index contributed by atoms with van der Waals surface area (Å²) in [6, 6.07) is 9.34. The van der Waals surface area contributed by atoms with Crippen LogP contribution in [0.25, 0.3) is 16.8 Å². The molecule has 1 heterocycles. The van der Waals surface area contributed by atoms with E-state index in [1.54, 1.807) is 26.0 Å². The van der Waals surface area contributed by atoms with Gasteiger partial charge < -0.3 is 19.1 Å². The summed E-state index contributed by atoms with van der Waals surface area (Å²) >= 11 is 0. The predicted molar refractivity (Wildman–Crippen MR) is 123 cm³/mol. The molecule has 3 aromatic rings. The van der Waals surface area contributed by atoms with Gasteiger partial charge in [-0.1, -0.05) is 6.92 Å². The monoisotopic (exact) mass is 451 g/mol. The van der Waals surface area contributed by atoms with Crippen LogP contribution < -0.4 is 14.2 Å². The van der Waals surface area contributed by atoms with Crippen LogP contribution in [0.15, 0.2) is 36.7 Å². The van der Waals surface area contributed by atoms with Crippen molar-refractivity contribution in [2.75, 3.05) is 34.4 Å². The van der Waals surface area contributed by atoms with Crippen molar-refractivity contribution >= 4 is 5.91 Å². The van der Waals surface area contributed by atoms with E-state index >= 15 is 0 Å². The second kappa shape index (κ2) is 9.89. The van der Waals surface area contributed by atoms with Gasteiger partial charge >= 0.3 is 0 Å². The summed E-state index contributed by atoms with van der Waals surface area (Å²) in [7, 11) is 4.72. The van der Waals surface area contributed by atoms with E-state index in [9.17, 15) is 4.79 Å². The number of carbonyl (C=O) groups excluding carboxylic acids is 1. The van der Waals surface area contributed by atoms with Crippen LogP contribution in [0.2, 0.25) is 0 Å². The topological polar surface area (TPSA) is 91.6 Å². The summed E-state index contributed by atoms with van der Waals surface area (Å²) in [6.45, 7) is 3.60. The molecule has 0 spiro atoms. The van der Waals surface area contributed by atoms with Gasteiger partial charge in [-0.2, -0.15) is 0 Å². The van der Waals surface area contributed by atoms with Gasteiger partial charge in [0, 0.05) is 24.2 Å². The normalized spacial score (nSPS) is 13.0. The Morgan fingerprint density at radius 1 is 1.09 bits per heavy atom. The van der Waals surface area contributed by atoms with Crippen LogP contribution in [0, 0.1) is 5.92 Å². The molecule has 0 N–H and O–H groups in total. The third-order valence-corrected chi connectivity index (χ3v) is 5.75. The number of carbonyl (C=O) groups is 1. The second-order valence-corrected chi connectivity index (χ2v) is 8.10. The van der Waals surface area contributed by atoms with E-state index in [2.05, 4.69) is 22.4 Å². The molecule has 1 fully saturated rings. The highest BCUT2D eigenvalue weighted by Crippen LogP contribution is 2.44. The molecule has 0 atom stereocenters. The van der Waals surface area contributed by atoms with Gasteiger partial charge in [0.25, 0.3) is 5.91 Å². The summed E-state index contributed by atoms with van der Waals surface area (Å²) < 4.78 is 18.2. The molecule has 2 aromatic carbocycles. The molecular weight excluding hydrogens is 422 g/mol. The number of ether oxygens (including phenoxy) is 3. The minimum absolute atomic E-state index is 0.000585. The molecule has 9 nitrogen and oxygen atoms in total. The Bertz CT molecular complexity index is 1110. The molecule has 1 amide bonds. The fourth-order valence-corrected chi connectivity index (χ4v) is 3.97. The van der Waals surface area contributed by atoms with Crippen molar-refractivity contribution in [2.45, 2.75) is 26.2 Å². The van der Waals surface area contributed by atoms with E-state index in [0.717, 1.165) is 30.6 Å². The van der Waals surface area contributed by atoms with Crippen molar-refractivity contribution in [3.8, 4) is 34.1 Å². The Labute approximate surface area is 193 Å². The van der Waals surface area contributed by atoms with Crippen molar-refractivity contribution in [3.05, 3.63) is 42.2 Å². The minimum atomic E-state index is -0.000585. The first-order valence-electron chi connectivity index (χ1n) is 11.1. The molecule has 0 unspecified atom stereocenters. The first-order valence-corrected chi connectivity index (χ1v) is 11.1. The Hall–Kier alpha value is -3.62. The molecule has 9 heteroatoms. The third-order valence-electron chi connectivity index (χ3n) is 5.75. The number of hydrogen-bond donors (Lipinski definition) is 0. The Morgan fingerprint density at radius 3 is 2.48 bits per heavy atom. The predicted octanol–water partition coefficient (Wildman–Crippen LogP) is 3.62. The molecule has 0 bridgehead atoms. The van der Waals surface area contributed by atoms with E-state index in [1.807, 2.05) is 35.2 Å². The van der Waals surface area contributed by atoms with Gasteiger partial charge in [0.2, 0.25) is 5.75 Å². The fraction of sp³-hybridized carbons (Fsp3) is 0.417. The molecule has 4 rings (SSSR count). The van der Waals surface area contributed by atoms with Gasteiger partial charge in [0.1, 0.15) is 6.33 Å². The first-order chi connectivity index (χ1) is 16.1. The summed E-state index contributed by atoms with van der Waals surface area (Å²) in [6.07, 6.45) is 4.78. The largest absolute Gasteiger partial charge is 0.493 e. The van der Waals surface area contributed by atoms with Gasteiger partial charge in [-0.25, -0.2) is 4.68 Å². The van der Waals surface area contributed by atoms with E-state index in [-0.39, 0.29) is 5.91 Å². The van der Waals surface area contributed by atoms with Crippen LogP contribution in [0.3, 0.4) is 0 Å².